The number of fused-ring (bicyclic) bond motifs is 1. The summed E-state index contributed by atoms with van der Waals surface area (Å²) in [5.74, 6) is 0.709. The first-order chi connectivity index (χ1) is 23.7. The molecule has 0 radical (unpaired) electrons. The summed E-state index contributed by atoms with van der Waals surface area (Å²) in [4.78, 5) is 50.0. The molecule has 2 N–H and O–H groups in total. The van der Waals surface area contributed by atoms with E-state index in [-0.39, 0.29) is 24.3 Å². The third-order valence-corrected chi connectivity index (χ3v) is 7.79. The van der Waals surface area contributed by atoms with Gasteiger partial charge in [0.15, 0.2) is 5.78 Å². The minimum atomic E-state index is -0.725. The van der Waals surface area contributed by atoms with Gasteiger partial charge in [-0.05, 0) is 93.4 Å². The molecule has 1 fully saturated rings. The van der Waals surface area contributed by atoms with Crippen molar-refractivity contribution in [3.8, 4) is 0 Å². The van der Waals surface area contributed by atoms with Crippen LogP contribution in [0.5, 0.6) is 0 Å². The summed E-state index contributed by atoms with van der Waals surface area (Å²) < 4.78 is 17.4. The lowest BCUT2D eigenvalue weighted by molar-refractivity contribution is -0.133. The molecule has 3 rings (SSSR count). The second-order valence-electron chi connectivity index (χ2n) is 14.6. The van der Waals surface area contributed by atoms with Crippen molar-refractivity contribution in [3.05, 3.63) is 17.0 Å². The van der Waals surface area contributed by atoms with Gasteiger partial charge in [0, 0.05) is 44.4 Å². The minimum Gasteiger partial charge on any atom is -0.444 e. The van der Waals surface area contributed by atoms with Crippen LogP contribution in [0.2, 0.25) is 0 Å². The topological polar surface area (TPSA) is 146 Å². The molecule has 12 nitrogen and oxygen atoms in total. The van der Waals surface area contributed by atoms with Crippen molar-refractivity contribution in [3.63, 3.8) is 0 Å². The number of ether oxygens (including phenoxy) is 3. The summed E-state index contributed by atoms with van der Waals surface area (Å²) in [6, 6.07) is 0. The van der Waals surface area contributed by atoms with Crippen LogP contribution in [0.15, 0.2) is 0 Å². The number of piperazine rings is 1. The average Bonchev–Trinajstić information content (AvgIpc) is 3.65. The maximum absolute atomic E-state index is 12.7. The van der Waals surface area contributed by atoms with E-state index in [0.29, 0.717) is 44.1 Å². The van der Waals surface area contributed by atoms with E-state index in [0.717, 1.165) is 42.9 Å². The lowest BCUT2D eigenvalue weighted by Gasteiger charge is -2.35. The molecule has 1 aliphatic heterocycles. The number of carbonyl (C=O) groups is 4. The number of rotatable bonds is 9. The number of ketones is 1. The van der Waals surface area contributed by atoms with Gasteiger partial charge in [0.05, 0.1) is 12.2 Å². The van der Waals surface area contributed by atoms with Crippen LogP contribution in [0, 0.1) is 5.92 Å². The highest BCUT2D eigenvalue weighted by Gasteiger charge is 2.30. The Morgan fingerprint density at radius 1 is 0.784 bits per heavy atom. The Morgan fingerprint density at radius 3 is 1.71 bits per heavy atom. The molecule has 2 aliphatic rings. The number of nitrogens with zero attached hydrogens (tertiary/aromatic N) is 4. The predicted octanol–water partition coefficient (Wildman–Crippen LogP) is 8.21. The molecule has 3 unspecified atom stereocenters. The van der Waals surface area contributed by atoms with Crippen LogP contribution in [0.1, 0.15) is 158 Å². The lowest BCUT2D eigenvalue weighted by Crippen LogP contribution is -2.52. The Kier molecular flexibility index (Phi) is 24.4. The molecule has 51 heavy (non-hydrogen) atoms. The molecular formula is C39H75N5O7. The molecule has 0 saturated carbocycles. The third-order valence-electron chi connectivity index (χ3n) is 7.79. The molecule has 0 bridgehead atoms. The Labute approximate surface area is 310 Å². The van der Waals surface area contributed by atoms with Crippen LogP contribution in [0.4, 0.5) is 9.59 Å². The van der Waals surface area contributed by atoms with Gasteiger partial charge in [0.2, 0.25) is 5.91 Å². The fourth-order valence-electron chi connectivity index (χ4n) is 5.20. The van der Waals surface area contributed by atoms with Crippen molar-refractivity contribution in [2.24, 2.45) is 11.7 Å². The number of primary amides is 1. The van der Waals surface area contributed by atoms with Crippen LogP contribution < -0.4 is 5.73 Å². The first kappa shape index (κ1) is 50.0. The van der Waals surface area contributed by atoms with Crippen molar-refractivity contribution < 1.29 is 33.4 Å². The number of nitrogens with two attached hydrogens (primary N) is 1. The molecule has 1 aliphatic carbocycles. The largest absolute Gasteiger partial charge is 0.444 e. The Bertz CT molecular complexity index is 1150. The molecule has 1 saturated heterocycles. The highest BCUT2D eigenvalue weighted by molar-refractivity contribution is 5.94. The van der Waals surface area contributed by atoms with Gasteiger partial charge in [-0.1, -0.05) is 54.9 Å². The summed E-state index contributed by atoms with van der Waals surface area (Å²) in [6.45, 7) is 33.3. The number of amides is 3. The zero-order valence-corrected chi connectivity index (χ0v) is 35.2. The fourth-order valence-corrected chi connectivity index (χ4v) is 5.20. The molecule has 298 valence electrons. The van der Waals surface area contributed by atoms with Crippen molar-refractivity contribution in [1.82, 2.24) is 19.6 Å². The van der Waals surface area contributed by atoms with Crippen LogP contribution in [0.3, 0.4) is 0 Å². The minimum absolute atomic E-state index is 0.0360. The Hall–Kier alpha value is -3.15. The lowest BCUT2D eigenvalue weighted by atomic mass is 10.0. The van der Waals surface area contributed by atoms with Gasteiger partial charge in [-0.25, -0.2) is 9.59 Å². The smallest absolute Gasteiger partial charge is 0.410 e. The van der Waals surface area contributed by atoms with Crippen LogP contribution in [0.25, 0.3) is 0 Å². The van der Waals surface area contributed by atoms with Gasteiger partial charge >= 0.3 is 12.2 Å². The van der Waals surface area contributed by atoms with Crippen molar-refractivity contribution in [1.29, 1.82) is 0 Å². The molecular weight excluding hydrogens is 650 g/mol. The molecule has 3 atom stereocenters. The Morgan fingerprint density at radius 2 is 1.29 bits per heavy atom. The maximum Gasteiger partial charge on any atom is 0.410 e. The van der Waals surface area contributed by atoms with Gasteiger partial charge < -0.3 is 29.7 Å². The highest BCUT2D eigenvalue weighted by atomic mass is 16.6. The van der Waals surface area contributed by atoms with Gasteiger partial charge in [-0.3, -0.25) is 14.3 Å². The number of hydrogen-bond acceptors (Lipinski definition) is 8. The second kappa shape index (κ2) is 24.9. The average molecular weight is 726 g/mol. The van der Waals surface area contributed by atoms with Crippen LogP contribution >= 0.6 is 0 Å². The quantitative estimate of drug-likeness (QED) is 0.251. The number of aromatic nitrogens is 2. The maximum atomic E-state index is 12.7. The SMILES string of the molecule is CC.CC.CC(=O)c1nn(CC(=O)N2CCN(C(=O)OC(C)(C)C)CC2)c2c1CCC2.CC(C)(C)OC(N)=O.CCC(C)CC(C)OC(C)CC. The summed E-state index contributed by atoms with van der Waals surface area (Å²) in [7, 11) is 0. The zero-order chi connectivity index (χ0) is 40.1. The van der Waals surface area contributed by atoms with E-state index in [1.807, 2.05) is 48.5 Å². The molecule has 0 spiro atoms. The number of hydrogen-bond donors (Lipinski definition) is 1. The fraction of sp³-hybridized carbons (Fsp3) is 0.821. The van der Waals surface area contributed by atoms with Gasteiger partial charge in [-0.15, -0.1) is 0 Å². The molecule has 3 amide bonds. The van der Waals surface area contributed by atoms with E-state index < -0.39 is 17.3 Å². The first-order valence-corrected chi connectivity index (χ1v) is 19.2. The van der Waals surface area contributed by atoms with Gasteiger partial charge in [0.25, 0.3) is 0 Å². The summed E-state index contributed by atoms with van der Waals surface area (Å²) in [5, 5.41) is 4.38. The van der Waals surface area contributed by atoms with E-state index >= 15 is 0 Å². The molecule has 1 aromatic rings. The molecule has 0 aromatic carbocycles. The Balaban J connectivity index is 0. The van der Waals surface area contributed by atoms with Crippen molar-refractivity contribution >= 4 is 23.9 Å². The van der Waals surface area contributed by atoms with E-state index in [1.165, 1.54) is 19.8 Å². The van der Waals surface area contributed by atoms with Crippen molar-refractivity contribution in [2.45, 2.75) is 179 Å². The summed E-state index contributed by atoms with van der Waals surface area (Å²) >= 11 is 0. The first-order valence-electron chi connectivity index (χ1n) is 19.2. The van der Waals surface area contributed by atoms with E-state index in [1.54, 1.807) is 35.3 Å². The van der Waals surface area contributed by atoms with Crippen molar-refractivity contribution in [2.75, 3.05) is 26.2 Å². The standard InChI is InChI=1S/C19H28N4O4.C11H24O.C5H11NO2.2C2H6/c1-13(24)17-14-6-5-7-15(14)23(20-17)12-16(25)21-8-10-22(11-9-21)18(26)27-19(2,3)4;1-6-9(3)8-11(5)12-10(4)7-2;1-5(2,3)8-4(6)7;2*1-2/h5-12H2,1-4H3;9-11H,6-8H2,1-5H3;1-3H3,(H2,6,7);2*1-2H3. The summed E-state index contributed by atoms with van der Waals surface area (Å²) in [5.41, 5.74) is 6.26. The number of Topliss-reactive ketones (excluding diaryl/α,β-unsaturated/α-hetero) is 1. The van der Waals surface area contributed by atoms with E-state index in [2.05, 4.69) is 44.5 Å². The third kappa shape index (κ3) is 21.1. The molecule has 12 heteroatoms. The van der Waals surface area contributed by atoms with Gasteiger partial charge in [0.1, 0.15) is 23.4 Å². The monoisotopic (exact) mass is 726 g/mol. The normalized spacial score (nSPS) is 15.4. The van der Waals surface area contributed by atoms with Gasteiger partial charge in [-0.2, -0.15) is 5.10 Å². The number of carbonyl (C=O) groups excluding carboxylic acids is 4. The highest BCUT2D eigenvalue weighted by Crippen LogP contribution is 2.26. The van der Waals surface area contributed by atoms with Crippen LogP contribution in [-0.2, 0) is 38.4 Å². The second-order valence-corrected chi connectivity index (χ2v) is 14.6. The summed E-state index contributed by atoms with van der Waals surface area (Å²) in [6.07, 6.45) is 6.06. The predicted molar refractivity (Wildman–Crippen MR) is 206 cm³/mol. The zero-order valence-electron chi connectivity index (χ0n) is 35.2. The van der Waals surface area contributed by atoms with Crippen LogP contribution in [-0.4, -0.2) is 93.0 Å². The van der Waals surface area contributed by atoms with E-state index in [9.17, 15) is 19.2 Å². The molecule has 1 aromatic heterocycles. The van der Waals surface area contributed by atoms with E-state index in [4.69, 9.17) is 15.2 Å². The molecule has 2 heterocycles.